The van der Waals surface area contributed by atoms with Crippen LogP contribution in [0.3, 0.4) is 0 Å². The Balaban J connectivity index is 2.77. The van der Waals surface area contributed by atoms with E-state index in [-0.39, 0.29) is 6.42 Å². The number of rotatable bonds is 6. The standard InChI is InChI=1S/C8H16FO/c1-2-3-4-5-6-7-8(9)10/h8H,2-7H2,1H3. The van der Waals surface area contributed by atoms with E-state index in [9.17, 15) is 9.50 Å². The lowest BCUT2D eigenvalue weighted by molar-refractivity contribution is -0.0296. The molecule has 0 aromatic rings. The lowest BCUT2D eigenvalue weighted by atomic mass is 10.1. The van der Waals surface area contributed by atoms with Crippen LogP contribution in [-0.4, -0.2) is 6.36 Å². The number of alkyl halides is 1. The highest BCUT2D eigenvalue weighted by Crippen LogP contribution is 2.07. The van der Waals surface area contributed by atoms with Crippen molar-refractivity contribution in [2.75, 3.05) is 0 Å². The summed E-state index contributed by atoms with van der Waals surface area (Å²) in [7, 11) is 0. The van der Waals surface area contributed by atoms with Gasteiger partial charge in [0, 0.05) is 6.42 Å². The number of hydrogen-bond donors (Lipinski definition) is 0. The van der Waals surface area contributed by atoms with E-state index >= 15 is 0 Å². The van der Waals surface area contributed by atoms with Crippen LogP contribution in [0.4, 0.5) is 4.39 Å². The summed E-state index contributed by atoms with van der Waals surface area (Å²) in [6, 6.07) is 0. The Morgan fingerprint density at radius 3 is 2.30 bits per heavy atom. The fraction of sp³-hybridized carbons (Fsp3) is 1.00. The molecule has 0 fully saturated rings. The molecule has 0 aliphatic rings. The molecule has 1 unspecified atom stereocenters. The minimum absolute atomic E-state index is 0.198. The topological polar surface area (TPSA) is 19.9 Å². The molecule has 0 aliphatic heterocycles. The Morgan fingerprint density at radius 2 is 1.80 bits per heavy atom. The minimum atomic E-state index is -1.85. The minimum Gasteiger partial charge on any atom is -0.213 e. The molecule has 0 rings (SSSR count). The SMILES string of the molecule is CCCCCCCC([O])F. The van der Waals surface area contributed by atoms with Crippen LogP contribution in [0.1, 0.15) is 45.4 Å². The summed E-state index contributed by atoms with van der Waals surface area (Å²) < 4.78 is 11.7. The molecule has 61 valence electrons. The molecule has 0 saturated heterocycles. The van der Waals surface area contributed by atoms with Crippen molar-refractivity contribution in [1.29, 1.82) is 0 Å². The Labute approximate surface area is 62.3 Å². The van der Waals surface area contributed by atoms with Crippen LogP contribution in [0.25, 0.3) is 0 Å². The number of halogens is 1. The number of hydrogen-bond acceptors (Lipinski definition) is 0. The van der Waals surface area contributed by atoms with Gasteiger partial charge < -0.3 is 0 Å². The Kier molecular flexibility index (Phi) is 6.93. The smallest absolute Gasteiger partial charge is 0.213 e. The van der Waals surface area contributed by atoms with Gasteiger partial charge >= 0.3 is 0 Å². The summed E-state index contributed by atoms with van der Waals surface area (Å²) in [5.41, 5.74) is 0. The first-order chi connectivity index (χ1) is 4.77. The fourth-order valence-corrected chi connectivity index (χ4v) is 0.908. The van der Waals surface area contributed by atoms with Gasteiger partial charge in [-0.1, -0.05) is 32.6 Å². The molecular weight excluding hydrogens is 131 g/mol. The first kappa shape index (κ1) is 9.89. The molecule has 0 aromatic carbocycles. The van der Waals surface area contributed by atoms with E-state index < -0.39 is 6.36 Å². The first-order valence-electron chi connectivity index (χ1n) is 4.07. The van der Waals surface area contributed by atoms with Gasteiger partial charge in [-0.25, -0.2) is 4.39 Å². The summed E-state index contributed by atoms with van der Waals surface area (Å²) in [5, 5.41) is 9.89. The molecule has 0 bridgehead atoms. The second-order valence-corrected chi connectivity index (χ2v) is 2.61. The van der Waals surface area contributed by atoms with Crippen LogP contribution < -0.4 is 0 Å². The summed E-state index contributed by atoms with van der Waals surface area (Å²) in [6.45, 7) is 2.13. The van der Waals surface area contributed by atoms with Crippen LogP contribution in [0.15, 0.2) is 0 Å². The van der Waals surface area contributed by atoms with E-state index in [1.807, 2.05) is 0 Å². The maximum Gasteiger partial charge on any atom is 0.231 e. The summed E-state index contributed by atoms with van der Waals surface area (Å²) in [6.07, 6.45) is 3.65. The van der Waals surface area contributed by atoms with Crippen molar-refractivity contribution in [2.45, 2.75) is 51.8 Å². The van der Waals surface area contributed by atoms with Crippen molar-refractivity contribution < 1.29 is 9.50 Å². The third kappa shape index (κ3) is 7.89. The largest absolute Gasteiger partial charge is 0.231 e. The molecule has 1 atom stereocenters. The Bertz CT molecular complexity index is 64.3. The van der Waals surface area contributed by atoms with Crippen molar-refractivity contribution >= 4 is 0 Å². The van der Waals surface area contributed by atoms with Crippen LogP contribution >= 0.6 is 0 Å². The van der Waals surface area contributed by atoms with Crippen molar-refractivity contribution in [1.82, 2.24) is 0 Å². The monoisotopic (exact) mass is 147 g/mol. The molecule has 0 aromatic heterocycles. The molecular formula is C8H16FO. The van der Waals surface area contributed by atoms with Crippen LogP contribution in [-0.2, 0) is 5.11 Å². The average Bonchev–Trinajstić information content (AvgIpc) is 1.87. The van der Waals surface area contributed by atoms with Gasteiger partial charge in [0.15, 0.2) is 0 Å². The molecule has 1 radical (unpaired) electrons. The zero-order chi connectivity index (χ0) is 7.82. The quantitative estimate of drug-likeness (QED) is 0.514. The molecule has 2 heteroatoms. The van der Waals surface area contributed by atoms with Gasteiger partial charge in [0.25, 0.3) is 0 Å². The first-order valence-corrected chi connectivity index (χ1v) is 4.07. The maximum absolute atomic E-state index is 11.7. The van der Waals surface area contributed by atoms with Gasteiger partial charge in [-0.2, -0.15) is 5.11 Å². The second kappa shape index (κ2) is 7.00. The predicted molar refractivity (Wildman–Crippen MR) is 39.0 cm³/mol. The van der Waals surface area contributed by atoms with Gasteiger partial charge in [0.1, 0.15) is 0 Å². The van der Waals surface area contributed by atoms with E-state index in [2.05, 4.69) is 6.92 Å². The van der Waals surface area contributed by atoms with Crippen LogP contribution in [0, 0.1) is 0 Å². The van der Waals surface area contributed by atoms with Gasteiger partial charge in [0.2, 0.25) is 6.36 Å². The molecule has 0 amide bonds. The zero-order valence-corrected chi connectivity index (χ0v) is 6.61. The Morgan fingerprint density at radius 1 is 1.20 bits per heavy atom. The number of unbranched alkanes of at least 4 members (excludes halogenated alkanes) is 4. The maximum atomic E-state index is 11.7. The summed E-state index contributed by atoms with van der Waals surface area (Å²) in [4.78, 5) is 0. The van der Waals surface area contributed by atoms with Gasteiger partial charge in [0.05, 0.1) is 0 Å². The highest BCUT2D eigenvalue weighted by molar-refractivity contribution is 4.44. The van der Waals surface area contributed by atoms with Crippen molar-refractivity contribution in [3.8, 4) is 0 Å². The summed E-state index contributed by atoms with van der Waals surface area (Å²) >= 11 is 0. The predicted octanol–water partition coefficient (Wildman–Crippen LogP) is 3.07. The van der Waals surface area contributed by atoms with E-state index in [1.54, 1.807) is 0 Å². The van der Waals surface area contributed by atoms with Crippen LogP contribution in [0.5, 0.6) is 0 Å². The highest BCUT2D eigenvalue weighted by atomic mass is 19.1. The van der Waals surface area contributed by atoms with Crippen molar-refractivity contribution in [3.63, 3.8) is 0 Å². The average molecular weight is 147 g/mol. The van der Waals surface area contributed by atoms with Crippen molar-refractivity contribution in [2.24, 2.45) is 0 Å². The molecule has 0 aliphatic carbocycles. The molecule has 1 nitrogen and oxygen atoms in total. The lowest BCUT2D eigenvalue weighted by Crippen LogP contribution is -1.93. The van der Waals surface area contributed by atoms with E-state index in [0.29, 0.717) is 0 Å². The van der Waals surface area contributed by atoms with E-state index in [1.165, 1.54) is 12.8 Å². The van der Waals surface area contributed by atoms with Crippen molar-refractivity contribution in [3.05, 3.63) is 0 Å². The van der Waals surface area contributed by atoms with Gasteiger partial charge in [-0.3, -0.25) is 0 Å². The summed E-state index contributed by atoms with van der Waals surface area (Å²) in [5.74, 6) is 0. The van der Waals surface area contributed by atoms with E-state index in [0.717, 1.165) is 19.3 Å². The fourth-order valence-electron chi connectivity index (χ4n) is 0.908. The Hall–Kier alpha value is -0.110. The van der Waals surface area contributed by atoms with Gasteiger partial charge in [-0.05, 0) is 6.42 Å². The zero-order valence-electron chi connectivity index (χ0n) is 6.61. The van der Waals surface area contributed by atoms with Crippen LogP contribution in [0.2, 0.25) is 0 Å². The van der Waals surface area contributed by atoms with E-state index in [4.69, 9.17) is 0 Å². The molecule has 0 saturated carbocycles. The normalized spacial score (nSPS) is 13.5. The molecule has 10 heavy (non-hydrogen) atoms. The van der Waals surface area contributed by atoms with Gasteiger partial charge in [-0.15, -0.1) is 0 Å². The molecule has 0 N–H and O–H groups in total. The second-order valence-electron chi connectivity index (χ2n) is 2.61. The third-order valence-corrected chi connectivity index (χ3v) is 1.53. The molecule has 0 heterocycles. The third-order valence-electron chi connectivity index (χ3n) is 1.53. The highest BCUT2D eigenvalue weighted by Gasteiger charge is 1.99. The molecule has 0 spiro atoms. The lowest BCUT2D eigenvalue weighted by Gasteiger charge is -1.98.